The Bertz CT molecular complexity index is 874. The molecule has 0 unspecified atom stereocenters. The number of amides is 2. The second kappa shape index (κ2) is 7.80. The van der Waals surface area contributed by atoms with Gasteiger partial charge < -0.3 is 15.1 Å². The number of halogens is 1. The van der Waals surface area contributed by atoms with Gasteiger partial charge in [0.15, 0.2) is 10.4 Å². The molecule has 128 valence electrons. The second-order valence-electron chi connectivity index (χ2n) is 5.14. The van der Waals surface area contributed by atoms with E-state index in [0.29, 0.717) is 11.2 Å². The molecule has 3 rings (SSSR count). The lowest BCUT2D eigenvalue weighted by Gasteiger charge is -2.11. The van der Waals surface area contributed by atoms with Gasteiger partial charge in [-0.3, -0.25) is 9.59 Å². The van der Waals surface area contributed by atoms with Crippen LogP contribution in [0.15, 0.2) is 63.9 Å². The summed E-state index contributed by atoms with van der Waals surface area (Å²) in [5.41, 5.74) is 1.80. The van der Waals surface area contributed by atoms with Gasteiger partial charge in [-0.2, -0.15) is 5.10 Å². The van der Waals surface area contributed by atoms with Crippen molar-refractivity contribution in [2.75, 3.05) is 6.54 Å². The van der Waals surface area contributed by atoms with Crippen LogP contribution in [0.25, 0.3) is 5.69 Å². The van der Waals surface area contributed by atoms with E-state index in [0.717, 1.165) is 11.3 Å². The number of hydrogen-bond donors (Lipinski definition) is 2. The molecule has 2 N–H and O–H groups in total. The van der Waals surface area contributed by atoms with E-state index in [-0.39, 0.29) is 18.2 Å². The Morgan fingerprint density at radius 1 is 1.12 bits per heavy atom. The highest BCUT2D eigenvalue weighted by Gasteiger charge is 2.12. The Kier molecular flexibility index (Phi) is 5.30. The highest BCUT2D eigenvalue weighted by molar-refractivity contribution is 9.10. The van der Waals surface area contributed by atoms with E-state index >= 15 is 0 Å². The van der Waals surface area contributed by atoms with Gasteiger partial charge in [0, 0.05) is 18.9 Å². The van der Waals surface area contributed by atoms with Crippen molar-refractivity contribution in [1.82, 2.24) is 20.4 Å². The van der Waals surface area contributed by atoms with E-state index in [9.17, 15) is 9.59 Å². The molecule has 2 heterocycles. The minimum Gasteiger partial charge on any atom is -0.444 e. The van der Waals surface area contributed by atoms with Crippen molar-refractivity contribution in [2.45, 2.75) is 6.54 Å². The van der Waals surface area contributed by atoms with Gasteiger partial charge >= 0.3 is 0 Å². The van der Waals surface area contributed by atoms with Gasteiger partial charge in [-0.15, -0.1) is 0 Å². The SMILES string of the molecule is O=C(CNC(=O)c1ccc(Br)o1)NCc1ccccc1-n1cccn1. The largest absolute Gasteiger partial charge is 0.444 e. The van der Waals surface area contributed by atoms with Crippen molar-refractivity contribution < 1.29 is 14.0 Å². The highest BCUT2D eigenvalue weighted by Crippen LogP contribution is 2.14. The normalized spacial score (nSPS) is 10.4. The van der Waals surface area contributed by atoms with Gasteiger partial charge in [-0.05, 0) is 45.8 Å². The Morgan fingerprint density at radius 3 is 2.68 bits per heavy atom. The molecule has 8 heteroatoms. The molecule has 0 atom stereocenters. The van der Waals surface area contributed by atoms with Crippen LogP contribution in [0.3, 0.4) is 0 Å². The maximum absolute atomic E-state index is 12.0. The van der Waals surface area contributed by atoms with Crippen LogP contribution in [0.2, 0.25) is 0 Å². The first kappa shape index (κ1) is 17.0. The molecule has 0 fully saturated rings. The molecule has 7 nitrogen and oxygen atoms in total. The first-order chi connectivity index (χ1) is 12.1. The zero-order chi connectivity index (χ0) is 17.6. The number of carbonyl (C=O) groups excluding carboxylic acids is 2. The number of aromatic nitrogens is 2. The molecule has 2 amide bonds. The average Bonchev–Trinajstić information content (AvgIpc) is 3.30. The minimum atomic E-state index is -0.446. The molecule has 0 saturated carbocycles. The molecule has 1 aromatic carbocycles. The maximum atomic E-state index is 12.0. The maximum Gasteiger partial charge on any atom is 0.287 e. The molecule has 0 saturated heterocycles. The summed E-state index contributed by atoms with van der Waals surface area (Å²) in [6.45, 7) is 0.193. The monoisotopic (exact) mass is 402 g/mol. The molecule has 25 heavy (non-hydrogen) atoms. The number of carbonyl (C=O) groups is 2. The Balaban J connectivity index is 1.54. The number of para-hydroxylation sites is 1. The summed E-state index contributed by atoms with van der Waals surface area (Å²) in [6, 6.07) is 12.6. The smallest absolute Gasteiger partial charge is 0.287 e. The van der Waals surface area contributed by atoms with Crippen LogP contribution >= 0.6 is 15.9 Å². The van der Waals surface area contributed by atoms with E-state index < -0.39 is 5.91 Å². The second-order valence-corrected chi connectivity index (χ2v) is 5.92. The first-order valence-corrected chi connectivity index (χ1v) is 8.31. The van der Waals surface area contributed by atoms with Gasteiger partial charge in [-0.25, -0.2) is 4.68 Å². The lowest BCUT2D eigenvalue weighted by molar-refractivity contribution is -0.120. The minimum absolute atomic E-state index is 0.138. The molecule has 0 aliphatic rings. The summed E-state index contributed by atoms with van der Waals surface area (Å²) in [5.74, 6) is -0.601. The molecule has 0 spiro atoms. The van der Waals surface area contributed by atoms with Crippen molar-refractivity contribution in [2.24, 2.45) is 0 Å². The fourth-order valence-electron chi connectivity index (χ4n) is 2.24. The Morgan fingerprint density at radius 2 is 1.96 bits per heavy atom. The van der Waals surface area contributed by atoms with Crippen LogP contribution < -0.4 is 10.6 Å². The quantitative estimate of drug-likeness (QED) is 0.661. The topological polar surface area (TPSA) is 89.2 Å². The van der Waals surface area contributed by atoms with E-state index in [4.69, 9.17) is 4.42 Å². The van der Waals surface area contributed by atoms with E-state index in [1.54, 1.807) is 16.9 Å². The van der Waals surface area contributed by atoms with Crippen LogP contribution in [0.1, 0.15) is 16.1 Å². The first-order valence-electron chi connectivity index (χ1n) is 7.51. The van der Waals surface area contributed by atoms with Gasteiger partial charge in [0.1, 0.15) is 0 Å². The van der Waals surface area contributed by atoms with Crippen LogP contribution in [-0.2, 0) is 11.3 Å². The van der Waals surface area contributed by atoms with Crippen molar-refractivity contribution in [1.29, 1.82) is 0 Å². The van der Waals surface area contributed by atoms with Crippen LogP contribution in [-0.4, -0.2) is 28.1 Å². The third kappa shape index (κ3) is 4.36. The number of hydrogen-bond acceptors (Lipinski definition) is 4. The molecule has 3 aromatic rings. The summed E-state index contributed by atoms with van der Waals surface area (Å²) < 4.78 is 7.32. The molecule has 0 aliphatic heterocycles. The lowest BCUT2D eigenvalue weighted by atomic mass is 10.2. The number of benzene rings is 1. The lowest BCUT2D eigenvalue weighted by Crippen LogP contribution is -2.36. The van der Waals surface area contributed by atoms with Crippen molar-refractivity contribution in [3.63, 3.8) is 0 Å². The fraction of sp³-hybridized carbons (Fsp3) is 0.118. The number of nitrogens with one attached hydrogen (secondary N) is 2. The Hall–Kier alpha value is -2.87. The summed E-state index contributed by atoms with van der Waals surface area (Å²) in [5, 5.41) is 9.49. The van der Waals surface area contributed by atoms with Crippen molar-refractivity contribution in [3.8, 4) is 5.69 Å². The molecule has 0 bridgehead atoms. The molecule has 0 aliphatic carbocycles. The summed E-state index contributed by atoms with van der Waals surface area (Å²) in [6.07, 6.45) is 3.53. The van der Waals surface area contributed by atoms with Crippen LogP contribution in [0.5, 0.6) is 0 Å². The summed E-state index contributed by atoms with van der Waals surface area (Å²) in [7, 11) is 0. The number of rotatable bonds is 6. The van der Waals surface area contributed by atoms with Gasteiger partial charge in [0.05, 0.1) is 12.2 Å². The van der Waals surface area contributed by atoms with Gasteiger partial charge in [-0.1, -0.05) is 18.2 Å². The standard InChI is InChI=1S/C17H15BrN4O3/c18-15-7-6-14(25-15)17(24)20-11-16(23)19-10-12-4-1-2-5-13(12)22-9-3-8-21-22/h1-9H,10-11H2,(H,19,23)(H,20,24). The van der Waals surface area contributed by atoms with Crippen LogP contribution in [0.4, 0.5) is 0 Å². The van der Waals surface area contributed by atoms with E-state index in [2.05, 4.69) is 31.7 Å². The van der Waals surface area contributed by atoms with Gasteiger partial charge in [0.2, 0.25) is 5.91 Å². The molecular formula is C17H15BrN4O3. The predicted molar refractivity (Wildman–Crippen MR) is 94.2 cm³/mol. The van der Waals surface area contributed by atoms with Crippen LogP contribution in [0, 0.1) is 0 Å². The summed E-state index contributed by atoms with van der Waals surface area (Å²) in [4.78, 5) is 23.8. The fourth-order valence-corrected chi connectivity index (χ4v) is 2.54. The molecule has 2 aromatic heterocycles. The van der Waals surface area contributed by atoms with Crippen molar-refractivity contribution in [3.05, 3.63) is 70.9 Å². The zero-order valence-electron chi connectivity index (χ0n) is 13.1. The average molecular weight is 403 g/mol. The predicted octanol–water partition coefficient (Wildman–Crippen LogP) is 2.27. The van der Waals surface area contributed by atoms with Gasteiger partial charge in [0.25, 0.3) is 5.91 Å². The highest BCUT2D eigenvalue weighted by atomic mass is 79.9. The van der Waals surface area contributed by atoms with E-state index in [1.165, 1.54) is 6.07 Å². The number of nitrogens with zero attached hydrogens (tertiary/aromatic N) is 2. The Labute approximate surface area is 152 Å². The molecular weight excluding hydrogens is 388 g/mol. The molecule has 0 radical (unpaired) electrons. The third-order valence-corrected chi connectivity index (χ3v) is 3.85. The van der Waals surface area contributed by atoms with E-state index in [1.807, 2.05) is 36.5 Å². The van der Waals surface area contributed by atoms with Crippen molar-refractivity contribution >= 4 is 27.7 Å². The summed E-state index contributed by atoms with van der Waals surface area (Å²) >= 11 is 3.12. The third-order valence-electron chi connectivity index (χ3n) is 3.43. The number of furan rings is 1. The zero-order valence-corrected chi connectivity index (χ0v) is 14.7.